The predicted molar refractivity (Wildman–Crippen MR) is 42.6 cm³/mol. The van der Waals surface area contributed by atoms with Gasteiger partial charge in [-0.3, -0.25) is 0 Å². The van der Waals surface area contributed by atoms with E-state index in [-0.39, 0.29) is 11.1 Å². The number of hydrogen-bond donors (Lipinski definition) is 1. The molecule has 0 amide bonds. The molecule has 0 spiro atoms. The average Bonchev–Trinajstić information content (AvgIpc) is 2.15. The van der Waals surface area contributed by atoms with Gasteiger partial charge in [-0.15, -0.1) is 0 Å². The highest BCUT2D eigenvalue weighted by molar-refractivity contribution is 5.74. The van der Waals surface area contributed by atoms with Crippen molar-refractivity contribution >= 4 is 5.97 Å². The highest BCUT2D eigenvalue weighted by Gasteiger charge is 2.19. The molecule has 14 heavy (non-hydrogen) atoms. The molecule has 1 aromatic rings. The Kier molecular flexibility index (Phi) is 2.77. The molecule has 0 aliphatic heterocycles. The molecule has 1 atom stereocenters. The topological polar surface area (TPSA) is 61.1 Å². The number of benzene rings is 1. The number of alkyl halides is 1. The third-order valence-corrected chi connectivity index (χ3v) is 1.56. The first-order valence-corrected chi connectivity index (χ1v) is 3.62. The minimum absolute atomic E-state index is 0.107. The zero-order valence-corrected chi connectivity index (χ0v) is 6.87. The normalized spacial score (nSPS) is 11.8. The Balaban J connectivity index is 3.17. The number of nitriles is 1. The summed E-state index contributed by atoms with van der Waals surface area (Å²) in [6, 6.07) is 4.25. The van der Waals surface area contributed by atoms with Crippen molar-refractivity contribution in [1.82, 2.24) is 0 Å². The van der Waals surface area contributed by atoms with Crippen molar-refractivity contribution in [2.24, 2.45) is 0 Å². The number of halogens is 2. The molecule has 0 saturated carbocycles. The Labute approximate surface area is 78.2 Å². The summed E-state index contributed by atoms with van der Waals surface area (Å²) in [7, 11) is 0. The van der Waals surface area contributed by atoms with E-state index in [1.54, 1.807) is 6.07 Å². The summed E-state index contributed by atoms with van der Waals surface area (Å²) in [5.41, 5.74) is -0.474. The molecular weight excluding hydrogens is 192 g/mol. The quantitative estimate of drug-likeness (QED) is 0.786. The molecule has 0 fully saturated rings. The van der Waals surface area contributed by atoms with E-state index >= 15 is 0 Å². The molecule has 0 aliphatic rings. The van der Waals surface area contributed by atoms with Gasteiger partial charge in [0.15, 0.2) is 0 Å². The number of hydrogen-bond acceptors (Lipinski definition) is 2. The lowest BCUT2D eigenvalue weighted by atomic mass is 10.1. The maximum atomic E-state index is 12.9. The van der Waals surface area contributed by atoms with Gasteiger partial charge in [-0.05, 0) is 18.2 Å². The number of nitrogens with zero attached hydrogens (tertiary/aromatic N) is 1. The van der Waals surface area contributed by atoms with Crippen LogP contribution >= 0.6 is 0 Å². The van der Waals surface area contributed by atoms with Gasteiger partial charge in [0.25, 0.3) is 0 Å². The van der Waals surface area contributed by atoms with Gasteiger partial charge in [0.2, 0.25) is 6.17 Å². The Morgan fingerprint density at radius 2 is 2.14 bits per heavy atom. The van der Waals surface area contributed by atoms with E-state index < -0.39 is 18.0 Å². The Morgan fingerprint density at radius 3 is 2.64 bits per heavy atom. The van der Waals surface area contributed by atoms with Gasteiger partial charge < -0.3 is 5.11 Å². The molecule has 0 radical (unpaired) electrons. The van der Waals surface area contributed by atoms with E-state index in [4.69, 9.17) is 10.4 Å². The molecule has 1 rings (SSSR count). The summed E-state index contributed by atoms with van der Waals surface area (Å²) < 4.78 is 25.6. The van der Waals surface area contributed by atoms with Gasteiger partial charge in [-0.2, -0.15) is 5.26 Å². The molecule has 0 aromatic heterocycles. The van der Waals surface area contributed by atoms with Gasteiger partial charge in [0.05, 0.1) is 11.6 Å². The molecule has 5 heteroatoms. The number of carbonyl (C=O) groups is 1. The summed E-state index contributed by atoms with van der Waals surface area (Å²) in [6.45, 7) is 0. The zero-order chi connectivity index (χ0) is 10.7. The average molecular weight is 197 g/mol. The molecule has 0 aliphatic carbocycles. The molecule has 1 aromatic carbocycles. The van der Waals surface area contributed by atoms with E-state index in [1.165, 1.54) is 0 Å². The molecular formula is C9H5F2NO2. The standard InChI is InChI=1S/C9H5F2NO2/c10-7-2-5(4-12)1-6(3-7)8(11)9(13)14/h1-3,8H,(H,13,14). The van der Waals surface area contributed by atoms with Crippen LogP contribution in [-0.4, -0.2) is 11.1 Å². The summed E-state index contributed by atoms with van der Waals surface area (Å²) in [6.07, 6.45) is -2.31. The van der Waals surface area contributed by atoms with E-state index in [0.717, 1.165) is 18.2 Å². The van der Waals surface area contributed by atoms with Crippen molar-refractivity contribution in [3.63, 3.8) is 0 Å². The van der Waals surface area contributed by atoms with Crippen LogP contribution in [0.1, 0.15) is 17.3 Å². The van der Waals surface area contributed by atoms with Crippen LogP contribution in [0.5, 0.6) is 0 Å². The fraction of sp³-hybridized carbons (Fsp3) is 0.111. The second-order valence-electron chi connectivity index (χ2n) is 2.59. The maximum absolute atomic E-state index is 12.9. The van der Waals surface area contributed by atoms with Crippen molar-refractivity contribution in [2.45, 2.75) is 6.17 Å². The third kappa shape index (κ3) is 2.04. The smallest absolute Gasteiger partial charge is 0.343 e. The first-order chi connectivity index (χ1) is 6.54. The highest BCUT2D eigenvalue weighted by Crippen LogP contribution is 2.20. The van der Waals surface area contributed by atoms with Crippen LogP contribution in [0.2, 0.25) is 0 Å². The SMILES string of the molecule is N#Cc1cc(F)cc(C(F)C(=O)O)c1. The van der Waals surface area contributed by atoms with Gasteiger partial charge in [-0.1, -0.05) is 0 Å². The lowest BCUT2D eigenvalue weighted by molar-refractivity contribution is -0.143. The molecule has 72 valence electrons. The number of carboxylic acids is 1. The van der Waals surface area contributed by atoms with Gasteiger partial charge in [0, 0.05) is 5.56 Å². The molecule has 1 N–H and O–H groups in total. The Morgan fingerprint density at radius 1 is 1.50 bits per heavy atom. The fourth-order valence-corrected chi connectivity index (χ4v) is 0.966. The Hall–Kier alpha value is -1.96. The van der Waals surface area contributed by atoms with Gasteiger partial charge in [0.1, 0.15) is 5.82 Å². The largest absolute Gasteiger partial charge is 0.479 e. The van der Waals surface area contributed by atoms with Crippen molar-refractivity contribution in [3.8, 4) is 6.07 Å². The number of aliphatic carboxylic acids is 1. The van der Waals surface area contributed by atoms with Crippen LogP contribution in [0.25, 0.3) is 0 Å². The maximum Gasteiger partial charge on any atom is 0.343 e. The van der Waals surface area contributed by atoms with Crippen LogP contribution in [0.3, 0.4) is 0 Å². The molecule has 0 saturated heterocycles. The molecule has 0 bridgehead atoms. The third-order valence-electron chi connectivity index (χ3n) is 1.56. The van der Waals surface area contributed by atoms with E-state index in [9.17, 15) is 13.6 Å². The van der Waals surface area contributed by atoms with Crippen LogP contribution in [0.4, 0.5) is 8.78 Å². The Bertz CT molecular complexity index is 412. The van der Waals surface area contributed by atoms with Crippen LogP contribution in [-0.2, 0) is 4.79 Å². The van der Waals surface area contributed by atoms with Crippen molar-refractivity contribution in [3.05, 3.63) is 35.1 Å². The van der Waals surface area contributed by atoms with Crippen molar-refractivity contribution in [1.29, 1.82) is 5.26 Å². The van der Waals surface area contributed by atoms with Gasteiger partial charge in [-0.25, -0.2) is 13.6 Å². The monoisotopic (exact) mass is 197 g/mol. The lowest BCUT2D eigenvalue weighted by Crippen LogP contribution is -2.06. The van der Waals surface area contributed by atoms with Crippen LogP contribution in [0, 0.1) is 17.1 Å². The van der Waals surface area contributed by atoms with Crippen LogP contribution in [0.15, 0.2) is 18.2 Å². The summed E-state index contributed by atoms with van der Waals surface area (Å²) in [5, 5.41) is 16.7. The summed E-state index contributed by atoms with van der Waals surface area (Å²) in [4.78, 5) is 10.2. The van der Waals surface area contributed by atoms with Crippen molar-refractivity contribution in [2.75, 3.05) is 0 Å². The van der Waals surface area contributed by atoms with Gasteiger partial charge >= 0.3 is 5.97 Å². The second-order valence-corrected chi connectivity index (χ2v) is 2.59. The number of carboxylic acid groups (broad SMARTS) is 1. The lowest BCUT2D eigenvalue weighted by Gasteiger charge is -2.03. The molecule has 3 nitrogen and oxygen atoms in total. The molecule has 0 heterocycles. The predicted octanol–water partition coefficient (Wildman–Crippen LogP) is 1.79. The fourth-order valence-electron chi connectivity index (χ4n) is 0.966. The second kappa shape index (κ2) is 3.83. The minimum atomic E-state index is -2.31. The first-order valence-electron chi connectivity index (χ1n) is 3.62. The summed E-state index contributed by atoms with van der Waals surface area (Å²) >= 11 is 0. The highest BCUT2D eigenvalue weighted by atomic mass is 19.1. The van der Waals surface area contributed by atoms with E-state index in [1.807, 2.05) is 0 Å². The number of rotatable bonds is 2. The van der Waals surface area contributed by atoms with E-state index in [0.29, 0.717) is 0 Å². The molecule has 1 unspecified atom stereocenters. The first kappa shape index (κ1) is 10.1. The van der Waals surface area contributed by atoms with E-state index in [2.05, 4.69) is 0 Å². The zero-order valence-electron chi connectivity index (χ0n) is 6.87. The minimum Gasteiger partial charge on any atom is -0.479 e. The summed E-state index contributed by atoms with van der Waals surface area (Å²) in [5.74, 6) is -2.54. The van der Waals surface area contributed by atoms with Crippen LogP contribution < -0.4 is 0 Å². The van der Waals surface area contributed by atoms with Crippen molar-refractivity contribution < 1.29 is 18.7 Å².